The number of nitrogens with zero attached hydrogens (tertiary/aromatic N) is 1. The Morgan fingerprint density at radius 3 is 2.90 bits per heavy atom. The van der Waals surface area contributed by atoms with Gasteiger partial charge in [-0.2, -0.15) is 0 Å². The summed E-state index contributed by atoms with van der Waals surface area (Å²) in [5, 5.41) is 0. The first kappa shape index (κ1) is 13.6. The maximum absolute atomic E-state index is 12.7. The lowest BCUT2D eigenvalue weighted by Crippen LogP contribution is -2.48. The average Bonchev–Trinajstić information content (AvgIpc) is 3.27. The molecule has 1 saturated carbocycles. The predicted molar refractivity (Wildman–Crippen MR) is 80.4 cm³/mol. The summed E-state index contributed by atoms with van der Waals surface area (Å²) >= 11 is 0. The Kier molecular flexibility index (Phi) is 3.79. The maximum atomic E-state index is 12.7. The lowest BCUT2D eigenvalue weighted by molar-refractivity contribution is -0.136. The van der Waals surface area contributed by atoms with Gasteiger partial charge in [0.1, 0.15) is 0 Å². The summed E-state index contributed by atoms with van der Waals surface area (Å²) < 4.78 is 0. The molecule has 108 valence electrons. The highest BCUT2D eigenvalue weighted by Gasteiger charge is 2.47. The Labute approximate surface area is 121 Å². The quantitative estimate of drug-likeness (QED) is 0.918. The van der Waals surface area contributed by atoms with Crippen LogP contribution in [0.1, 0.15) is 42.7 Å². The number of nitrogens with two attached hydrogens (primary N) is 1. The van der Waals surface area contributed by atoms with Crippen LogP contribution in [0.3, 0.4) is 0 Å². The van der Waals surface area contributed by atoms with Crippen LogP contribution in [-0.4, -0.2) is 29.9 Å². The zero-order valence-electron chi connectivity index (χ0n) is 12.2. The molecule has 2 aliphatic rings. The van der Waals surface area contributed by atoms with Gasteiger partial charge in [0.05, 0.1) is 0 Å². The summed E-state index contributed by atoms with van der Waals surface area (Å²) in [4.78, 5) is 14.8. The van der Waals surface area contributed by atoms with E-state index in [4.69, 9.17) is 5.73 Å². The fourth-order valence-electron chi connectivity index (χ4n) is 3.56. The molecule has 1 aromatic carbocycles. The number of hydrogen-bond acceptors (Lipinski definition) is 2. The van der Waals surface area contributed by atoms with Crippen LogP contribution in [0.4, 0.5) is 0 Å². The molecular formula is C17H24N2O. The van der Waals surface area contributed by atoms with Crippen molar-refractivity contribution in [1.29, 1.82) is 0 Å². The molecule has 0 bridgehead atoms. The molecule has 1 amide bonds. The van der Waals surface area contributed by atoms with Crippen molar-refractivity contribution in [1.82, 2.24) is 4.90 Å². The van der Waals surface area contributed by atoms with Crippen LogP contribution in [0.25, 0.3) is 0 Å². The summed E-state index contributed by atoms with van der Waals surface area (Å²) in [6.45, 7) is 3.64. The number of aryl methyl sites for hydroxylation is 1. The molecule has 3 rings (SSSR count). The second kappa shape index (κ2) is 5.57. The second-order valence-electron chi connectivity index (χ2n) is 6.22. The molecule has 1 heterocycles. The molecule has 0 spiro atoms. The van der Waals surface area contributed by atoms with Crippen molar-refractivity contribution in [2.45, 2.75) is 44.6 Å². The highest BCUT2D eigenvalue weighted by molar-refractivity contribution is 5.83. The van der Waals surface area contributed by atoms with Gasteiger partial charge in [-0.25, -0.2) is 0 Å². The summed E-state index contributed by atoms with van der Waals surface area (Å²) in [5.74, 6) is 0.973. The van der Waals surface area contributed by atoms with Gasteiger partial charge >= 0.3 is 0 Å². The van der Waals surface area contributed by atoms with Gasteiger partial charge in [-0.15, -0.1) is 0 Å². The first-order valence-corrected chi connectivity index (χ1v) is 7.78. The van der Waals surface area contributed by atoms with Crippen LogP contribution in [0.15, 0.2) is 24.3 Å². The van der Waals surface area contributed by atoms with Crippen LogP contribution in [0, 0.1) is 12.8 Å². The smallest absolute Gasteiger partial charge is 0.226 e. The van der Waals surface area contributed by atoms with Crippen LogP contribution in [0.2, 0.25) is 0 Å². The van der Waals surface area contributed by atoms with E-state index in [1.807, 2.05) is 0 Å². The van der Waals surface area contributed by atoms with E-state index in [2.05, 4.69) is 36.1 Å². The van der Waals surface area contributed by atoms with E-state index >= 15 is 0 Å². The van der Waals surface area contributed by atoms with Crippen LogP contribution >= 0.6 is 0 Å². The number of carbonyl (C=O) groups is 1. The lowest BCUT2D eigenvalue weighted by atomic mass is 10.00. The number of piperidine rings is 1. The number of carbonyl (C=O) groups excluding carboxylic acids is 1. The number of likely N-dealkylation sites (tertiary alicyclic amines) is 1. The van der Waals surface area contributed by atoms with Gasteiger partial charge in [0.25, 0.3) is 0 Å². The summed E-state index contributed by atoms with van der Waals surface area (Å²) in [6.07, 6.45) is 4.42. The Bertz CT molecular complexity index is 500. The summed E-state index contributed by atoms with van der Waals surface area (Å²) in [5.41, 5.74) is 8.49. The number of amides is 1. The van der Waals surface area contributed by atoms with Crippen LogP contribution in [-0.2, 0) is 4.79 Å². The first-order chi connectivity index (χ1) is 9.72. The van der Waals surface area contributed by atoms with E-state index in [0.717, 1.165) is 25.8 Å². The highest BCUT2D eigenvalue weighted by atomic mass is 16.2. The minimum atomic E-state index is 0.197. The second-order valence-corrected chi connectivity index (χ2v) is 6.22. The Morgan fingerprint density at radius 2 is 2.15 bits per heavy atom. The van der Waals surface area contributed by atoms with Crippen molar-refractivity contribution in [3.63, 3.8) is 0 Å². The lowest BCUT2D eigenvalue weighted by Gasteiger charge is -2.35. The van der Waals surface area contributed by atoms with Crippen molar-refractivity contribution >= 4 is 5.91 Å². The molecule has 3 nitrogen and oxygen atoms in total. The SMILES string of the molecule is Cc1ccccc1[C@@H]1C[C@@H]1C(=O)N1CCCC[C@@H]1CN. The van der Waals surface area contributed by atoms with Gasteiger partial charge in [-0.1, -0.05) is 24.3 Å². The molecule has 3 atom stereocenters. The molecule has 1 saturated heterocycles. The molecule has 0 radical (unpaired) electrons. The monoisotopic (exact) mass is 272 g/mol. The van der Waals surface area contributed by atoms with Gasteiger partial charge in [0.2, 0.25) is 5.91 Å². The zero-order chi connectivity index (χ0) is 14.1. The van der Waals surface area contributed by atoms with Crippen LogP contribution in [0.5, 0.6) is 0 Å². The van der Waals surface area contributed by atoms with Gasteiger partial charge in [0.15, 0.2) is 0 Å². The molecule has 20 heavy (non-hydrogen) atoms. The van der Waals surface area contributed by atoms with E-state index in [0.29, 0.717) is 18.4 Å². The normalized spacial score (nSPS) is 29.3. The molecule has 1 aliphatic heterocycles. The minimum absolute atomic E-state index is 0.197. The largest absolute Gasteiger partial charge is 0.338 e. The number of hydrogen-bond donors (Lipinski definition) is 1. The summed E-state index contributed by atoms with van der Waals surface area (Å²) in [6, 6.07) is 8.72. The molecule has 3 heteroatoms. The van der Waals surface area contributed by atoms with E-state index in [1.165, 1.54) is 17.5 Å². The fourth-order valence-corrected chi connectivity index (χ4v) is 3.56. The third-order valence-corrected chi connectivity index (χ3v) is 4.88. The molecule has 2 fully saturated rings. The van der Waals surface area contributed by atoms with E-state index in [-0.39, 0.29) is 12.0 Å². The standard InChI is InChI=1S/C17H24N2O/c1-12-6-2-3-8-14(12)15-10-16(15)17(20)19-9-5-4-7-13(19)11-18/h2-3,6,8,13,15-16H,4-5,7,9-11,18H2,1H3/t13-,15+,16+/m1/s1. The molecule has 0 unspecified atom stereocenters. The first-order valence-electron chi connectivity index (χ1n) is 7.78. The molecule has 2 N–H and O–H groups in total. The number of benzene rings is 1. The Balaban J connectivity index is 1.69. The topological polar surface area (TPSA) is 46.3 Å². The van der Waals surface area contributed by atoms with Gasteiger partial charge in [0, 0.05) is 25.0 Å². The minimum Gasteiger partial charge on any atom is -0.338 e. The maximum Gasteiger partial charge on any atom is 0.226 e. The fraction of sp³-hybridized carbons (Fsp3) is 0.588. The van der Waals surface area contributed by atoms with Crippen molar-refractivity contribution in [2.75, 3.05) is 13.1 Å². The van der Waals surface area contributed by atoms with Gasteiger partial charge < -0.3 is 10.6 Å². The molecular weight excluding hydrogens is 248 g/mol. The van der Waals surface area contributed by atoms with Crippen molar-refractivity contribution in [2.24, 2.45) is 11.7 Å². The van der Waals surface area contributed by atoms with E-state index in [1.54, 1.807) is 0 Å². The summed E-state index contributed by atoms with van der Waals surface area (Å²) in [7, 11) is 0. The third kappa shape index (κ3) is 2.47. The van der Waals surface area contributed by atoms with E-state index < -0.39 is 0 Å². The van der Waals surface area contributed by atoms with Crippen LogP contribution < -0.4 is 5.73 Å². The highest BCUT2D eigenvalue weighted by Crippen LogP contribution is 2.49. The van der Waals surface area contributed by atoms with E-state index in [9.17, 15) is 4.79 Å². The Hall–Kier alpha value is -1.35. The van der Waals surface area contributed by atoms with Gasteiger partial charge in [-0.3, -0.25) is 4.79 Å². The zero-order valence-corrected chi connectivity index (χ0v) is 12.2. The molecule has 1 aromatic rings. The number of rotatable bonds is 3. The molecule has 1 aliphatic carbocycles. The molecule has 0 aromatic heterocycles. The van der Waals surface area contributed by atoms with Crippen molar-refractivity contribution in [3.8, 4) is 0 Å². The Morgan fingerprint density at radius 1 is 1.35 bits per heavy atom. The van der Waals surface area contributed by atoms with Gasteiger partial charge in [-0.05, 0) is 49.7 Å². The van der Waals surface area contributed by atoms with Crippen molar-refractivity contribution in [3.05, 3.63) is 35.4 Å². The third-order valence-electron chi connectivity index (χ3n) is 4.88. The average molecular weight is 272 g/mol. The predicted octanol–water partition coefficient (Wildman–Crippen LogP) is 2.44. The van der Waals surface area contributed by atoms with Crippen molar-refractivity contribution < 1.29 is 4.79 Å².